The van der Waals surface area contributed by atoms with Crippen LogP contribution in [-0.4, -0.2) is 20.0 Å². The average Bonchev–Trinajstić information content (AvgIpc) is 1.03. The number of aryl methyl sites for hydroxylation is 1. The molecule has 5 heterocycles. The molecule has 0 bridgehead atoms. The molecule has 0 atom stereocenters. The van der Waals surface area contributed by atoms with Gasteiger partial charge in [-0.25, -0.2) is 0 Å². The van der Waals surface area contributed by atoms with Gasteiger partial charge >= 0.3 is 0 Å². The van der Waals surface area contributed by atoms with E-state index in [1.807, 2.05) is 0 Å². The van der Waals surface area contributed by atoms with E-state index in [0.717, 1.165) is 133 Å². The van der Waals surface area contributed by atoms with Crippen molar-refractivity contribution >= 4 is 126 Å². The molecule has 396 valence electrons. The number of fused-ring (bicyclic) bond motifs is 9. The molecule has 0 aromatic heterocycles. The molecule has 12 aromatic carbocycles. The third-order valence-electron chi connectivity index (χ3n) is 17.6. The second-order valence-corrected chi connectivity index (χ2v) is 22.3. The Bertz CT molecular complexity index is 4440. The van der Waals surface area contributed by atoms with Crippen molar-refractivity contribution in [3.63, 3.8) is 0 Å². The topological polar surface area (TPSA) is 34.7 Å². The summed E-state index contributed by atoms with van der Waals surface area (Å²) in [6, 6.07) is 103. The van der Waals surface area contributed by atoms with Crippen LogP contribution in [0, 0.1) is 0 Å². The van der Waals surface area contributed by atoms with Gasteiger partial charge in [-0.05, 0) is 149 Å². The predicted octanol–water partition coefficient (Wildman–Crippen LogP) is 15.5. The van der Waals surface area contributed by atoms with Gasteiger partial charge in [0.25, 0.3) is 13.4 Å². The highest BCUT2D eigenvalue weighted by Crippen LogP contribution is 2.50. The summed E-state index contributed by atoms with van der Waals surface area (Å²) < 4.78 is 14.9. The number of benzene rings is 12. The van der Waals surface area contributed by atoms with Crippen LogP contribution in [0.15, 0.2) is 285 Å². The molecule has 0 saturated heterocycles. The Morgan fingerprint density at radius 3 is 1.33 bits per heavy atom. The van der Waals surface area contributed by atoms with Crippen LogP contribution in [-0.2, 0) is 6.42 Å². The maximum absolute atomic E-state index is 7.57. The lowest BCUT2D eigenvalue weighted by atomic mass is 9.31. The minimum absolute atomic E-state index is 0.156. The molecule has 17 rings (SSSR count). The molecule has 0 radical (unpaired) electrons. The summed E-state index contributed by atoms with van der Waals surface area (Å²) in [6.07, 6.45) is 2.15. The summed E-state index contributed by atoms with van der Waals surface area (Å²) in [5, 5.41) is 0. The monoisotopic (exact) mass is 1080 g/mol. The number of hydrogen-bond acceptors (Lipinski definition) is 7. The van der Waals surface area contributed by atoms with Crippen molar-refractivity contribution in [1.82, 2.24) is 0 Å². The number of rotatable bonds is 9. The van der Waals surface area contributed by atoms with Gasteiger partial charge in [0, 0.05) is 105 Å². The highest BCUT2D eigenvalue weighted by atomic mass is 16.5. The quantitative estimate of drug-likeness (QED) is 0.133. The SMILES string of the molecule is c1ccc(N(c2ccccc2)c2cc3c4c(c2)Oc2cc5c(cc2B4c2ccc(N4CCCc6ccccc64)cc2O3)B2c3ccccc3N(c3ccccc3)c3cc(N(c4ccccc4)c4ccccc4)cc(c32)N5c2ccccc2)cc1. The van der Waals surface area contributed by atoms with Gasteiger partial charge in [0.05, 0.1) is 11.4 Å². The van der Waals surface area contributed by atoms with Gasteiger partial charge in [0.15, 0.2) is 0 Å². The smallest absolute Gasteiger partial charge is 0.260 e. The highest BCUT2D eigenvalue weighted by molar-refractivity contribution is 7.02. The summed E-state index contributed by atoms with van der Waals surface area (Å²) in [4.78, 5) is 12.1. The fraction of sp³-hybridized carbons (Fsp3) is 0.0400. The number of ether oxygens (including phenoxy) is 2. The lowest BCUT2D eigenvalue weighted by molar-refractivity contribution is 0.465. The number of nitrogens with zero attached hydrogens (tertiary/aromatic N) is 5. The zero-order chi connectivity index (χ0) is 55.2. The zero-order valence-corrected chi connectivity index (χ0v) is 46.0. The molecule has 12 aromatic rings. The first kappa shape index (κ1) is 48.1. The van der Waals surface area contributed by atoms with Crippen molar-refractivity contribution in [3.05, 3.63) is 291 Å². The van der Waals surface area contributed by atoms with E-state index in [1.165, 1.54) is 27.6 Å². The lowest BCUT2D eigenvalue weighted by Gasteiger charge is -2.45. The van der Waals surface area contributed by atoms with Gasteiger partial charge in [0.2, 0.25) is 0 Å². The second-order valence-electron chi connectivity index (χ2n) is 22.3. The van der Waals surface area contributed by atoms with Crippen molar-refractivity contribution in [2.45, 2.75) is 12.8 Å². The minimum atomic E-state index is -0.218. The molecule has 0 fully saturated rings. The first-order valence-electron chi connectivity index (χ1n) is 29.2. The summed E-state index contributed by atoms with van der Waals surface area (Å²) in [7, 11) is 0. The van der Waals surface area contributed by atoms with Gasteiger partial charge in [-0.1, -0.05) is 158 Å². The third-order valence-corrected chi connectivity index (χ3v) is 17.6. The summed E-state index contributed by atoms with van der Waals surface area (Å²) in [5.74, 6) is 3.21. The fourth-order valence-electron chi connectivity index (χ4n) is 14.0. The van der Waals surface area contributed by atoms with E-state index in [0.29, 0.717) is 0 Å². The molecule has 5 aliphatic rings. The molecule has 0 spiro atoms. The maximum atomic E-state index is 7.57. The molecule has 0 saturated carbocycles. The van der Waals surface area contributed by atoms with Crippen LogP contribution in [0.1, 0.15) is 12.0 Å². The van der Waals surface area contributed by atoms with Crippen LogP contribution >= 0.6 is 0 Å². The van der Waals surface area contributed by atoms with E-state index in [-0.39, 0.29) is 13.4 Å². The molecular weight excluding hydrogens is 1020 g/mol. The molecule has 84 heavy (non-hydrogen) atoms. The molecule has 9 heteroatoms. The van der Waals surface area contributed by atoms with Crippen molar-refractivity contribution in [2.75, 3.05) is 31.0 Å². The van der Waals surface area contributed by atoms with Crippen LogP contribution in [0.2, 0.25) is 0 Å². The summed E-state index contributed by atoms with van der Waals surface area (Å²) in [6.45, 7) is 0.557. The normalized spacial score (nSPS) is 13.6. The molecule has 0 amide bonds. The second kappa shape index (κ2) is 19.5. The average molecular weight is 1080 g/mol. The van der Waals surface area contributed by atoms with E-state index in [4.69, 9.17) is 9.47 Å². The van der Waals surface area contributed by atoms with Gasteiger partial charge in [-0.15, -0.1) is 0 Å². The van der Waals surface area contributed by atoms with E-state index >= 15 is 0 Å². The molecule has 0 aliphatic carbocycles. The van der Waals surface area contributed by atoms with E-state index in [1.54, 1.807) is 0 Å². The molecule has 5 aliphatic heterocycles. The van der Waals surface area contributed by atoms with E-state index in [9.17, 15) is 0 Å². The standard InChI is InChI=1S/C75H53B2N5O2/c1-7-26-52(27-8-1)79(53-28-9-2-10-29-53)59-44-68-74-69(45-59)82(57-36-17-6-18-37-57)67-50-71-64(49-63(67)76(74)61-38-20-22-40-66(61)81(68)56-34-15-5-16-35-56)77-62-42-41-58(78-43-23-25-51-24-19-21-39-65(51)78)46-70(62)83-72-47-60(48-73(84-71)75(72)77)80(54-30-11-3-12-31-54)55-32-13-4-14-33-55/h1-22,24,26-42,44-50H,23,25,43H2. The van der Waals surface area contributed by atoms with Gasteiger partial charge in [0.1, 0.15) is 23.0 Å². The van der Waals surface area contributed by atoms with Gasteiger partial charge in [-0.2, -0.15) is 0 Å². The largest absolute Gasteiger partial charge is 0.458 e. The molecular formula is C75H53B2N5O2. The fourth-order valence-corrected chi connectivity index (χ4v) is 14.0. The number of para-hydroxylation sites is 8. The minimum Gasteiger partial charge on any atom is -0.458 e. The van der Waals surface area contributed by atoms with Crippen molar-refractivity contribution in [3.8, 4) is 23.0 Å². The summed E-state index contributed by atoms with van der Waals surface area (Å²) in [5.41, 5.74) is 23.5. The van der Waals surface area contributed by atoms with Crippen LogP contribution in [0.25, 0.3) is 0 Å². The number of anilines is 14. The van der Waals surface area contributed by atoms with E-state index in [2.05, 4.69) is 310 Å². The Balaban J connectivity index is 0.926. The Hall–Kier alpha value is -10.6. The first-order valence-corrected chi connectivity index (χ1v) is 29.2. The molecule has 7 nitrogen and oxygen atoms in total. The summed E-state index contributed by atoms with van der Waals surface area (Å²) >= 11 is 0. The Labute approximate surface area is 490 Å². The first-order chi connectivity index (χ1) is 41.7. The van der Waals surface area contributed by atoms with Gasteiger partial charge in [-0.3, -0.25) is 0 Å². The molecule has 0 unspecified atom stereocenters. The lowest BCUT2D eigenvalue weighted by Crippen LogP contribution is -2.64. The predicted molar refractivity (Wildman–Crippen MR) is 349 cm³/mol. The Kier molecular flexibility index (Phi) is 11.2. The third kappa shape index (κ3) is 7.69. The van der Waals surface area contributed by atoms with Crippen LogP contribution in [0.4, 0.5) is 79.6 Å². The Morgan fingerprint density at radius 1 is 0.298 bits per heavy atom. The maximum Gasteiger partial charge on any atom is 0.260 e. The van der Waals surface area contributed by atoms with Crippen LogP contribution in [0.3, 0.4) is 0 Å². The van der Waals surface area contributed by atoms with Crippen LogP contribution < -0.4 is 66.8 Å². The van der Waals surface area contributed by atoms with Crippen LogP contribution in [0.5, 0.6) is 23.0 Å². The van der Waals surface area contributed by atoms with Crippen molar-refractivity contribution in [2.24, 2.45) is 0 Å². The molecule has 0 N–H and O–H groups in total. The highest BCUT2D eigenvalue weighted by Gasteiger charge is 2.48. The Morgan fingerprint density at radius 2 is 0.762 bits per heavy atom. The number of hydrogen-bond donors (Lipinski definition) is 0. The van der Waals surface area contributed by atoms with Crippen molar-refractivity contribution in [1.29, 1.82) is 0 Å². The van der Waals surface area contributed by atoms with Gasteiger partial charge < -0.3 is 34.0 Å². The van der Waals surface area contributed by atoms with E-state index < -0.39 is 0 Å². The van der Waals surface area contributed by atoms with Crippen molar-refractivity contribution < 1.29 is 9.47 Å². The zero-order valence-electron chi connectivity index (χ0n) is 46.0.